The summed E-state index contributed by atoms with van der Waals surface area (Å²) in [7, 11) is 1.54. The Hall–Kier alpha value is -3.95. The zero-order valence-electron chi connectivity index (χ0n) is 22.6. The Bertz CT molecular complexity index is 1760. The van der Waals surface area contributed by atoms with Crippen LogP contribution in [0.3, 0.4) is 0 Å². The Morgan fingerprint density at radius 1 is 1.13 bits per heavy atom. The summed E-state index contributed by atoms with van der Waals surface area (Å²) in [6, 6.07) is 14.7. The van der Waals surface area contributed by atoms with Gasteiger partial charge < -0.3 is 19.2 Å². The third kappa shape index (κ3) is 5.07. The maximum atomic E-state index is 14.1. The molecule has 1 N–H and O–H groups in total. The van der Waals surface area contributed by atoms with Crippen LogP contribution in [0.15, 0.2) is 69.6 Å². The molecule has 9 heteroatoms. The molecule has 0 fully saturated rings. The summed E-state index contributed by atoms with van der Waals surface area (Å²) in [5, 5.41) is 1.03. The average Bonchev–Trinajstić information content (AvgIpc) is 3.38. The minimum Gasteiger partial charge on any atom is -0.491 e. The maximum absolute atomic E-state index is 14.1. The fourth-order valence-corrected chi connectivity index (χ4v) is 5.88. The highest BCUT2D eigenvalue weighted by Gasteiger charge is 2.35. The Labute approximate surface area is 229 Å². The molecule has 39 heavy (non-hydrogen) atoms. The van der Waals surface area contributed by atoms with Crippen LogP contribution < -0.4 is 19.6 Å². The number of nitrogens with one attached hydrogen (secondary N) is 1. The van der Waals surface area contributed by atoms with E-state index in [4.69, 9.17) is 19.2 Å². The van der Waals surface area contributed by atoms with Gasteiger partial charge in [-0.15, -0.1) is 0 Å². The van der Waals surface area contributed by atoms with Gasteiger partial charge in [-0.3, -0.25) is 9.36 Å². The fourth-order valence-electron chi connectivity index (χ4n) is 4.86. The van der Waals surface area contributed by atoms with E-state index in [0.29, 0.717) is 31.9 Å². The molecule has 0 unspecified atom stereocenters. The largest absolute Gasteiger partial charge is 0.491 e. The summed E-state index contributed by atoms with van der Waals surface area (Å²) in [6.07, 6.45) is 1.80. The van der Waals surface area contributed by atoms with Crippen LogP contribution in [0.2, 0.25) is 0 Å². The number of carbonyl (C=O) groups excluding carboxylic acids is 1. The summed E-state index contributed by atoms with van der Waals surface area (Å²) in [6.45, 7) is 7.99. The fraction of sp³-hybridized carbons (Fsp3) is 0.300. The van der Waals surface area contributed by atoms with Crippen molar-refractivity contribution in [2.24, 2.45) is 4.99 Å². The summed E-state index contributed by atoms with van der Waals surface area (Å²) < 4.78 is 18.8. The van der Waals surface area contributed by atoms with Crippen molar-refractivity contribution in [1.29, 1.82) is 0 Å². The van der Waals surface area contributed by atoms with E-state index in [2.05, 4.69) is 4.98 Å². The van der Waals surface area contributed by atoms with Crippen molar-refractivity contribution in [3.63, 3.8) is 0 Å². The average molecular weight is 546 g/mol. The normalized spacial score (nSPS) is 15.5. The van der Waals surface area contributed by atoms with E-state index in [0.717, 1.165) is 22.2 Å². The number of nitrogens with zero attached hydrogens (tertiary/aromatic N) is 2. The lowest BCUT2D eigenvalue weighted by Crippen LogP contribution is -2.40. The zero-order chi connectivity index (χ0) is 27.7. The predicted molar refractivity (Wildman–Crippen MR) is 152 cm³/mol. The van der Waals surface area contributed by atoms with Gasteiger partial charge in [-0.1, -0.05) is 47.7 Å². The Balaban J connectivity index is 1.73. The minimum absolute atomic E-state index is 0.0905. The van der Waals surface area contributed by atoms with Crippen LogP contribution in [0.25, 0.3) is 17.0 Å². The smallest absolute Gasteiger partial charge is 0.338 e. The number of benzene rings is 2. The molecular formula is C30H31N3O5S. The quantitative estimate of drug-likeness (QED) is 0.267. The molecule has 1 atom stereocenters. The van der Waals surface area contributed by atoms with Crippen LogP contribution in [0.4, 0.5) is 0 Å². The lowest BCUT2D eigenvalue weighted by Gasteiger charge is -2.27. The van der Waals surface area contributed by atoms with Crippen LogP contribution in [0.1, 0.15) is 43.6 Å². The number of allylic oxidation sites excluding steroid dienone is 1. The van der Waals surface area contributed by atoms with Gasteiger partial charge in [0, 0.05) is 34.8 Å². The second kappa shape index (κ2) is 11.0. The highest BCUT2D eigenvalue weighted by atomic mass is 32.1. The number of thiazole rings is 1. The van der Waals surface area contributed by atoms with Crippen LogP contribution in [0, 0.1) is 6.92 Å². The molecule has 2 aromatic heterocycles. The first-order valence-electron chi connectivity index (χ1n) is 12.8. The Kier molecular flexibility index (Phi) is 7.54. The monoisotopic (exact) mass is 545 g/mol. The highest BCUT2D eigenvalue weighted by Crippen LogP contribution is 2.36. The third-order valence-electron chi connectivity index (χ3n) is 6.56. The number of aromatic amines is 1. The van der Waals surface area contributed by atoms with Gasteiger partial charge in [0.1, 0.15) is 18.4 Å². The van der Waals surface area contributed by atoms with Gasteiger partial charge in [0.05, 0.1) is 28.5 Å². The lowest BCUT2D eigenvalue weighted by molar-refractivity contribution is -0.140. The van der Waals surface area contributed by atoms with Gasteiger partial charge in [-0.2, -0.15) is 0 Å². The van der Waals surface area contributed by atoms with E-state index < -0.39 is 12.0 Å². The topological polar surface area (TPSA) is 94.9 Å². The molecule has 3 heterocycles. The SMILES string of the molecule is COCCOC(=O)C1=C(C)N=c2s/c(=C/c3c(C)[nH]c4ccccc34)c(=O)n2[C@H]1c1ccccc1OC(C)C. The molecule has 202 valence electrons. The van der Waals surface area contributed by atoms with Gasteiger partial charge in [-0.25, -0.2) is 9.79 Å². The van der Waals surface area contributed by atoms with Crippen molar-refractivity contribution in [2.75, 3.05) is 20.3 Å². The van der Waals surface area contributed by atoms with Gasteiger partial charge in [0.15, 0.2) is 4.80 Å². The molecular weight excluding hydrogens is 514 g/mol. The molecule has 1 aliphatic heterocycles. The summed E-state index contributed by atoms with van der Waals surface area (Å²) in [5.74, 6) is 0.0517. The molecule has 0 bridgehead atoms. The number of methoxy groups -OCH3 is 1. The van der Waals surface area contributed by atoms with Gasteiger partial charge in [0.25, 0.3) is 5.56 Å². The number of fused-ring (bicyclic) bond motifs is 2. The summed E-state index contributed by atoms with van der Waals surface area (Å²) >= 11 is 1.30. The molecule has 4 aromatic rings. The molecule has 0 saturated heterocycles. The van der Waals surface area contributed by atoms with E-state index in [-0.39, 0.29) is 24.9 Å². The molecule has 5 rings (SSSR count). The number of hydrogen-bond acceptors (Lipinski definition) is 7. The molecule has 2 aromatic carbocycles. The van der Waals surface area contributed by atoms with Crippen molar-refractivity contribution in [2.45, 2.75) is 39.8 Å². The first-order chi connectivity index (χ1) is 18.8. The molecule has 0 amide bonds. The number of esters is 1. The van der Waals surface area contributed by atoms with Crippen LogP contribution in [-0.4, -0.2) is 41.9 Å². The Morgan fingerprint density at radius 3 is 2.64 bits per heavy atom. The van der Waals surface area contributed by atoms with E-state index >= 15 is 0 Å². The highest BCUT2D eigenvalue weighted by molar-refractivity contribution is 7.07. The third-order valence-corrected chi connectivity index (χ3v) is 7.54. The molecule has 0 aliphatic carbocycles. The molecule has 0 radical (unpaired) electrons. The van der Waals surface area contributed by atoms with Gasteiger partial charge in [0.2, 0.25) is 0 Å². The van der Waals surface area contributed by atoms with Crippen molar-refractivity contribution >= 4 is 34.3 Å². The molecule has 8 nitrogen and oxygen atoms in total. The minimum atomic E-state index is -0.766. The number of para-hydroxylation sites is 2. The van der Waals surface area contributed by atoms with Crippen molar-refractivity contribution in [1.82, 2.24) is 9.55 Å². The van der Waals surface area contributed by atoms with Gasteiger partial charge in [-0.05, 0) is 45.9 Å². The van der Waals surface area contributed by atoms with Crippen LogP contribution in [-0.2, 0) is 14.3 Å². The predicted octanol–water partition coefficient (Wildman–Crippen LogP) is 4.00. The number of ether oxygens (including phenoxy) is 3. The van der Waals surface area contributed by atoms with E-state index in [9.17, 15) is 9.59 Å². The van der Waals surface area contributed by atoms with Crippen LogP contribution >= 0.6 is 11.3 Å². The number of aromatic nitrogens is 2. The molecule has 0 saturated carbocycles. The number of rotatable bonds is 8. The van der Waals surface area contributed by atoms with Crippen molar-refractivity contribution in [3.05, 3.63) is 96.3 Å². The van der Waals surface area contributed by atoms with E-state index in [1.807, 2.05) is 75.4 Å². The first kappa shape index (κ1) is 26.6. The maximum Gasteiger partial charge on any atom is 0.338 e. The van der Waals surface area contributed by atoms with E-state index in [1.165, 1.54) is 11.3 Å². The molecule has 1 aliphatic rings. The van der Waals surface area contributed by atoms with Crippen LogP contribution in [0.5, 0.6) is 5.75 Å². The second-order valence-corrected chi connectivity index (χ2v) is 10.6. The second-order valence-electron chi connectivity index (χ2n) is 9.62. The number of hydrogen-bond donors (Lipinski definition) is 1. The van der Waals surface area contributed by atoms with Crippen molar-refractivity contribution in [3.8, 4) is 5.75 Å². The van der Waals surface area contributed by atoms with Crippen molar-refractivity contribution < 1.29 is 19.0 Å². The zero-order valence-corrected chi connectivity index (χ0v) is 23.4. The van der Waals surface area contributed by atoms with Gasteiger partial charge >= 0.3 is 5.97 Å². The summed E-state index contributed by atoms with van der Waals surface area (Å²) in [4.78, 5) is 36.1. The van der Waals surface area contributed by atoms with E-state index in [1.54, 1.807) is 18.6 Å². The Morgan fingerprint density at radius 2 is 1.87 bits per heavy atom. The number of aryl methyl sites for hydroxylation is 1. The summed E-state index contributed by atoms with van der Waals surface area (Å²) in [5.41, 5.74) is 4.17. The molecule has 0 spiro atoms. The number of H-pyrrole nitrogens is 1. The lowest BCUT2D eigenvalue weighted by atomic mass is 9.95. The number of carbonyl (C=O) groups is 1. The standard InChI is InChI=1S/C30H31N3O5S/c1-17(2)38-24-13-9-7-11-21(24)27-26(29(35)37-15-14-36-5)19(4)32-30-33(27)28(34)25(39-30)16-22-18(3)31-23-12-8-6-10-20(22)23/h6-13,16-17,27,31H,14-15H2,1-5H3/b25-16+/t27-/m0/s1. The first-order valence-corrected chi connectivity index (χ1v) is 13.6.